The number of nitrogens with zero attached hydrogens (tertiary/aromatic N) is 1. The summed E-state index contributed by atoms with van der Waals surface area (Å²) in [5.41, 5.74) is 5.28. The van der Waals surface area contributed by atoms with Gasteiger partial charge in [-0.1, -0.05) is 19.8 Å². The molecule has 4 heteroatoms. The zero-order valence-electron chi connectivity index (χ0n) is 9.38. The second kappa shape index (κ2) is 8.81. The Morgan fingerprint density at radius 2 is 1.93 bits per heavy atom. The van der Waals surface area contributed by atoms with Crippen molar-refractivity contribution in [3.05, 3.63) is 0 Å². The Morgan fingerprint density at radius 3 is 2.50 bits per heavy atom. The van der Waals surface area contributed by atoms with Crippen molar-refractivity contribution < 1.29 is 4.74 Å². The molecule has 84 valence electrons. The van der Waals surface area contributed by atoms with Gasteiger partial charge in [0, 0.05) is 26.8 Å². The van der Waals surface area contributed by atoms with Crippen molar-refractivity contribution in [1.29, 1.82) is 5.41 Å². The Balaban J connectivity index is 3.09. The van der Waals surface area contributed by atoms with E-state index in [2.05, 4.69) is 6.92 Å². The lowest BCUT2D eigenvalue weighted by Crippen LogP contribution is -2.33. The number of unbranched alkanes of at least 4 members (excludes halogenated alkanes) is 2. The summed E-state index contributed by atoms with van der Waals surface area (Å²) in [5, 5.41) is 7.13. The lowest BCUT2D eigenvalue weighted by atomic mass is 10.3. The molecule has 0 aromatic heterocycles. The first kappa shape index (κ1) is 13.2. The highest BCUT2D eigenvalue weighted by Gasteiger charge is 1.97. The quantitative estimate of drug-likeness (QED) is 0.354. The Hall–Kier alpha value is -0.770. The van der Waals surface area contributed by atoms with Gasteiger partial charge in [-0.3, -0.25) is 5.41 Å². The molecule has 0 spiro atoms. The fraction of sp³-hybridized carbons (Fsp3) is 0.900. The van der Waals surface area contributed by atoms with Crippen LogP contribution in [-0.2, 0) is 4.74 Å². The van der Waals surface area contributed by atoms with E-state index >= 15 is 0 Å². The highest BCUT2D eigenvalue weighted by molar-refractivity contribution is 5.74. The summed E-state index contributed by atoms with van der Waals surface area (Å²) in [4.78, 5) is 1.72. The Bertz CT molecular complexity index is 150. The largest absolute Gasteiger partial charge is 0.381 e. The van der Waals surface area contributed by atoms with Gasteiger partial charge in [0.15, 0.2) is 5.96 Å². The van der Waals surface area contributed by atoms with Gasteiger partial charge in [-0.2, -0.15) is 0 Å². The Labute approximate surface area is 86.9 Å². The van der Waals surface area contributed by atoms with Crippen LogP contribution in [0.2, 0.25) is 0 Å². The summed E-state index contributed by atoms with van der Waals surface area (Å²) in [5.74, 6) is 0.121. The molecule has 14 heavy (non-hydrogen) atoms. The first-order valence-electron chi connectivity index (χ1n) is 5.31. The number of nitrogens with one attached hydrogen (secondary N) is 1. The normalized spacial score (nSPS) is 10.1. The zero-order valence-corrected chi connectivity index (χ0v) is 9.38. The van der Waals surface area contributed by atoms with Crippen LogP contribution in [-0.4, -0.2) is 37.7 Å². The van der Waals surface area contributed by atoms with Gasteiger partial charge in [0.25, 0.3) is 0 Å². The number of ether oxygens (including phenoxy) is 1. The van der Waals surface area contributed by atoms with Crippen molar-refractivity contribution in [3.63, 3.8) is 0 Å². The molecule has 0 atom stereocenters. The molecule has 0 unspecified atom stereocenters. The van der Waals surface area contributed by atoms with Gasteiger partial charge in [0.05, 0.1) is 0 Å². The molecule has 0 fully saturated rings. The SMILES string of the molecule is CCCCCOCCCN(C)C(=N)N. The molecule has 0 aliphatic heterocycles. The van der Waals surface area contributed by atoms with E-state index in [1.165, 1.54) is 12.8 Å². The molecule has 0 heterocycles. The Kier molecular flexibility index (Phi) is 8.33. The van der Waals surface area contributed by atoms with Gasteiger partial charge in [0.2, 0.25) is 0 Å². The molecule has 0 amide bonds. The lowest BCUT2D eigenvalue weighted by molar-refractivity contribution is 0.124. The Morgan fingerprint density at radius 1 is 1.29 bits per heavy atom. The van der Waals surface area contributed by atoms with E-state index < -0.39 is 0 Å². The van der Waals surface area contributed by atoms with E-state index in [0.29, 0.717) is 0 Å². The standard InChI is InChI=1S/C10H23N3O/c1-3-4-5-8-14-9-6-7-13(2)10(11)12/h3-9H2,1-2H3,(H3,11,12). The van der Waals surface area contributed by atoms with E-state index in [0.717, 1.165) is 32.6 Å². The molecule has 0 aliphatic carbocycles. The molecular formula is C10H23N3O. The summed E-state index contributed by atoms with van der Waals surface area (Å²) >= 11 is 0. The van der Waals surface area contributed by atoms with Crippen molar-refractivity contribution >= 4 is 5.96 Å². The van der Waals surface area contributed by atoms with Crippen LogP contribution in [0, 0.1) is 5.41 Å². The second-order valence-electron chi connectivity index (χ2n) is 3.48. The third-order valence-electron chi connectivity index (χ3n) is 2.09. The fourth-order valence-corrected chi connectivity index (χ4v) is 1.08. The summed E-state index contributed by atoms with van der Waals surface area (Å²) in [6.07, 6.45) is 4.56. The minimum Gasteiger partial charge on any atom is -0.381 e. The smallest absolute Gasteiger partial charge is 0.188 e. The average molecular weight is 201 g/mol. The maximum Gasteiger partial charge on any atom is 0.188 e. The van der Waals surface area contributed by atoms with Crippen molar-refractivity contribution in [2.75, 3.05) is 26.8 Å². The first-order chi connectivity index (χ1) is 6.68. The van der Waals surface area contributed by atoms with Crippen molar-refractivity contribution in [1.82, 2.24) is 4.90 Å². The van der Waals surface area contributed by atoms with Crippen molar-refractivity contribution in [2.45, 2.75) is 32.6 Å². The highest BCUT2D eigenvalue weighted by atomic mass is 16.5. The molecule has 0 saturated heterocycles. The second-order valence-corrected chi connectivity index (χ2v) is 3.48. The van der Waals surface area contributed by atoms with Crippen LogP contribution in [0.25, 0.3) is 0 Å². The molecule has 0 bridgehead atoms. The summed E-state index contributed by atoms with van der Waals surface area (Å²) in [6.45, 7) is 4.60. The molecule has 3 N–H and O–H groups in total. The lowest BCUT2D eigenvalue weighted by Gasteiger charge is -2.15. The average Bonchev–Trinajstić information content (AvgIpc) is 2.16. The summed E-state index contributed by atoms with van der Waals surface area (Å²) < 4.78 is 5.43. The van der Waals surface area contributed by atoms with Gasteiger partial charge in [-0.15, -0.1) is 0 Å². The topological polar surface area (TPSA) is 62.3 Å². The summed E-state index contributed by atoms with van der Waals surface area (Å²) in [6, 6.07) is 0. The van der Waals surface area contributed by atoms with E-state index in [1.807, 2.05) is 7.05 Å². The third kappa shape index (κ3) is 7.86. The molecule has 0 rings (SSSR count). The third-order valence-corrected chi connectivity index (χ3v) is 2.09. The molecule has 0 aromatic rings. The van der Waals surface area contributed by atoms with Gasteiger partial charge >= 0.3 is 0 Å². The predicted molar refractivity (Wildman–Crippen MR) is 59.5 cm³/mol. The first-order valence-corrected chi connectivity index (χ1v) is 5.31. The van der Waals surface area contributed by atoms with Crippen LogP contribution < -0.4 is 5.73 Å². The van der Waals surface area contributed by atoms with Gasteiger partial charge in [0.1, 0.15) is 0 Å². The van der Waals surface area contributed by atoms with E-state index in [4.69, 9.17) is 15.9 Å². The zero-order chi connectivity index (χ0) is 10.8. The van der Waals surface area contributed by atoms with Crippen LogP contribution in [0.1, 0.15) is 32.6 Å². The van der Waals surface area contributed by atoms with Crippen molar-refractivity contribution in [2.24, 2.45) is 5.73 Å². The van der Waals surface area contributed by atoms with Crippen molar-refractivity contribution in [3.8, 4) is 0 Å². The van der Waals surface area contributed by atoms with Crippen LogP contribution in [0.5, 0.6) is 0 Å². The maximum absolute atomic E-state index is 7.13. The molecule has 0 aromatic carbocycles. The molecule has 0 aliphatic rings. The molecular weight excluding hydrogens is 178 g/mol. The van der Waals surface area contributed by atoms with Crippen LogP contribution in [0.3, 0.4) is 0 Å². The van der Waals surface area contributed by atoms with Gasteiger partial charge in [-0.25, -0.2) is 0 Å². The monoisotopic (exact) mass is 201 g/mol. The fourth-order valence-electron chi connectivity index (χ4n) is 1.08. The number of rotatable bonds is 8. The van der Waals surface area contributed by atoms with E-state index in [9.17, 15) is 0 Å². The highest BCUT2D eigenvalue weighted by Crippen LogP contribution is 1.95. The summed E-state index contributed by atoms with van der Waals surface area (Å²) in [7, 11) is 1.82. The van der Waals surface area contributed by atoms with Crippen LogP contribution >= 0.6 is 0 Å². The number of nitrogens with two attached hydrogens (primary N) is 1. The number of hydrogen-bond acceptors (Lipinski definition) is 2. The molecule has 0 radical (unpaired) electrons. The van der Waals surface area contributed by atoms with Gasteiger partial charge in [-0.05, 0) is 12.8 Å². The molecule has 0 saturated carbocycles. The minimum absolute atomic E-state index is 0.121. The van der Waals surface area contributed by atoms with E-state index in [-0.39, 0.29) is 5.96 Å². The predicted octanol–water partition coefficient (Wildman–Crippen LogP) is 1.41. The minimum atomic E-state index is 0.121. The molecule has 4 nitrogen and oxygen atoms in total. The van der Waals surface area contributed by atoms with Crippen LogP contribution in [0.15, 0.2) is 0 Å². The maximum atomic E-state index is 7.13. The number of hydrogen-bond donors (Lipinski definition) is 2. The number of guanidine groups is 1. The van der Waals surface area contributed by atoms with Gasteiger partial charge < -0.3 is 15.4 Å². The van der Waals surface area contributed by atoms with E-state index in [1.54, 1.807) is 4.90 Å². The van der Waals surface area contributed by atoms with Crippen LogP contribution in [0.4, 0.5) is 0 Å².